The minimum Gasteiger partial charge on any atom is -0.478 e. The minimum absolute atomic E-state index is 0.0750. The van der Waals surface area contributed by atoms with E-state index in [-0.39, 0.29) is 11.9 Å². The molecule has 0 unspecified atom stereocenters. The van der Waals surface area contributed by atoms with Crippen molar-refractivity contribution < 1.29 is 14.7 Å². The molecule has 0 aromatic carbocycles. The highest BCUT2D eigenvalue weighted by Crippen LogP contribution is 2.29. The zero-order valence-corrected chi connectivity index (χ0v) is 11.6. The normalized spacial score (nSPS) is 14.2. The summed E-state index contributed by atoms with van der Waals surface area (Å²) in [6.07, 6.45) is 4.84. The topological polar surface area (TPSA) is 81.4 Å². The van der Waals surface area contributed by atoms with Crippen LogP contribution in [-0.4, -0.2) is 34.5 Å². The van der Waals surface area contributed by atoms with E-state index in [1.54, 1.807) is 16.3 Å². The minimum atomic E-state index is -1.01. The summed E-state index contributed by atoms with van der Waals surface area (Å²) in [5.41, 5.74) is 0.560. The van der Waals surface area contributed by atoms with Crippen molar-refractivity contribution >= 4 is 29.3 Å². The highest BCUT2D eigenvalue weighted by molar-refractivity contribution is 7.11. The summed E-state index contributed by atoms with van der Waals surface area (Å²) in [5.74, 6) is -1.09. The van der Waals surface area contributed by atoms with Gasteiger partial charge in [-0.25, -0.2) is 4.79 Å². The summed E-state index contributed by atoms with van der Waals surface area (Å²) in [4.78, 5) is 25.3. The molecule has 0 radical (unpaired) electrons. The van der Waals surface area contributed by atoms with Gasteiger partial charge in [0.1, 0.15) is 0 Å². The van der Waals surface area contributed by atoms with Crippen molar-refractivity contribution in [2.75, 3.05) is 6.54 Å². The van der Waals surface area contributed by atoms with Crippen molar-refractivity contribution in [2.45, 2.75) is 25.3 Å². The molecular formula is C14H14N2O3S. The Morgan fingerprint density at radius 2 is 2.30 bits per heavy atom. The van der Waals surface area contributed by atoms with Gasteiger partial charge in [-0.15, -0.1) is 11.3 Å². The fraction of sp³-hybridized carbons (Fsp3) is 0.357. The number of hydrogen-bond acceptors (Lipinski definition) is 4. The lowest BCUT2D eigenvalue weighted by molar-refractivity contribution is -0.131. The van der Waals surface area contributed by atoms with E-state index in [1.165, 1.54) is 17.4 Å². The molecule has 0 saturated heterocycles. The summed E-state index contributed by atoms with van der Waals surface area (Å²) >= 11 is 1.33. The quantitative estimate of drug-likeness (QED) is 0.815. The lowest BCUT2D eigenvalue weighted by Crippen LogP contribution is -2.33. The largest absolute Gasteiger partial charge is 0.478 e. The number of carboxylic acids is 1. The van der Waals surface area contributed by atoms with E-state index in [1.807, 2.05) is 0 Å². The number of carbonyl (C=O) groups excluding carboxylic acids is 1. The molecule has 6 heteroatoms. The predicted molar refractivity (Wildman–Crippen MR) is 75.3 cm³/mol. The second kappa shape index (κ2) is 6.35. The SMILES string of the molecule is N#CCCN(C(=O)c1csc(C=CC(=O)O)c1)C1CC1. The van der Waals surface area contributed by atoms with Gasteiger partial charge >= 0.3 is 5.97 Å². The van der Waals surface area contributed by atoms with Gasteiger partial charge < -0.3 is 10.0 Å². The van der Waals surface area contributed by atoms with Crippen molar-refractivity contribution in [1.82, 2.24) is 4.90 Å². The third-order valence-electron chi connectivity index (χ3n) is 2.97. The van der Waals surface area contributed by atoms with Crippen LogP contribution in [0.25, 0.3) is 6.08 Å². The van der Waals surface area contributed by atoms with Gasteiger partial charge in [-0.2, -0.15) is 5.26 Å². The summed E-state index contributed by atoms with van der Waals surface area (Å²) < 4.78 is 0. The van der Waals surface area contributed by atoms with Crippen LogP contribution < -0.4 is 0 Å². The second-order valence-electron chi connectivity index (χ2n) is 4.55. The molecule has 1 aromatic rings. The summed E-state index contributed by atoms with van der Waals surface area (Å²) in [6.45, 7) is 0.455. The zero-order valence-electron chi connectivity index (χ0n) is 10.8. The maximum Gasteiger partial charge on any atom is 0.328 e. The molecule has 1 saturated carbocycles. The van der Waals surface area contributed by atoms with Crippen LogP contribution in [0.4, 0.5) is 0 Å². The number of aliphatic carboxylic acids is 1. The van der Waals surface area contributed by atoms with E-state index in [9.17, 15) is 9.59 Å². The van der Waals surface area contributed by atoms with Crippen molar-refractivity contribution in [1.29, 1.82) is 5.26 Å². The molecule has 0 atom stereocenters. The average molecular weight is 290 g/mol. The fourth-order valence-corrected chi connectivity index (χ4v) is 2.65. The van der Waals surface area contributed by atoms with Crippen LogP contribution in [0.3, 0.4) is 0 Å². The number of carboxylic acid groups (broad SMARTS) is 1. The van der Waals surface area contributed by atoms with Crippen molar-refractivity contribution in [2.24, 2.45) is 0 Å². The first kappa shape index (κ1) is 14.3. The van der Waals surface area contributed by atoms with Gasteiger partial charge in [0, 0.05) is 28.9 Å². The van der Waals surface area contributed by atoms with Crippen LogP contribution in [0.2, 0.25) is 0 Å². The van der Waals surface area contributed by atoms with Crippen molar-refractivity contribution in [3.63, 3.8) is 0 Å². The molecular weight excluding hydrogens is 276 g/mol. The van der Waals surface area contributed by atoms with Crippen LogP contribution in [0.1, 0.15) is 34.5 Å². The smallest absolute Gasteiger partial charge is 0.328 e. The van der Waals surface area contributed by atoms with Crippen LogP contribution >= 0.6 is 11.3 Å². The first-order valence-electron chi connectivity index (χ1n) is 6.29. The highest BCUT2D eigenvalue weighted by Gasteiger charge is 2.32. The molecule has 1 aromatic heterocycles. The molecule has 0 bridgehead atoms. The number of nitrogens with zero attached hydrogens (tertiary/aromatic N) is 2. The molecule has 1 amide bonds. The molecule has 0 spiro atoms. The Bertz CT molecular complexity index is 581. The fourth-order valence-electron chi connectivity index (χ4n) is 1.88. The molecule has 1 aliphatic rings. The standard InChI is InChI=1S/C14H14N2O3S/c15-6-1-7-16(11-2-3-11)14(19)10-8-12(20-9-10)4-5-13(17)18/h4-5,8-9,11H,1-3,7H2,(H,17,18). The van der Waals surface area contributed by atoms with Gasteiger partial charge in [-0.1, -0.05) is 0 Å². The van der Waals surface area contributed by atoms with E-state index < -0.39 is 5.97 Å². The Labute approximate surface area is 120 Å². The Morgan fingerprint density at radius 1 is 1.55 bits per heavy atom. The molecule has 1 aliphatic carbocycles. The zero-order chi connectivity index (χ0) is 14.5. The maximum atomic E-state index is 12.4. The summed E-state index contributed by atoms with van der Waals surface area (Å²) in [6, 6.07) is 4.00. The summed E-state index contributed by atoms with van der Waals surface area (Å²) in [7, 11) is 0. The Balaban J connectivity index is 2.07. The molecule has 1 heterocycles. The van der Waals surface area contributed by atoms with Crippen LogP contribution in [-0.2, 0) is 4.79 Å². The maximum absolute atomic E-state index is 12.4. The highest BCUT2D eigenvalue weighted by atomic mass is 32.1. The second-order valence-corrected chi connectivity index (χ2v) is 5.49. The first-order valence-corrected chi connectivity index (χ1v) is 7.17. The van der Waals surface area contributed by atoms with E-state index in [0.717, 1.165) is 23.8 Å². The number of amides is 1. The van der Waals surface area contributed by atoms with Gasteiger partial charge in [-0.05, 0) is 25.0 Å². The Morgan fingerprint density at radius 3 is 2.90 bits per heavy atom. The number of rotatable bonds is 6. The van der Waals surface area contributed by atoms with Gasteiger partial charge in [0.25, 0.3) is 5.91 Å². The van der Waals surface area contributed by atoms with Crippen molar-refractivity contribution in [3.05, 3.63) is 28.0 Å². The third kappa shape index (κ3) is 3.68. The lowest BCUT2D eigenvalue weighted by Gasteiger charge is -2.20. The third-order valence-corrected chi connectivity index (χ3v) is 3.87. The number of nitriles is 1. The van der Waals surface area contributed by atoms with E-state index >= 15 is 0 Å². The van der Waals surface area contributed by atoms with E-state index in [2.05, 4.69) is 6.07 Å². The average Bonchev–Trinajstić information content (AvgIpc) is 3.14. The number of carbonyl (C=O) groups is 2. The Kier molecular flexibility index (Phi) is 4.53. The monoisotopic (exact) mass is 290 g/mol. The van der Waals surface area contributed by atoms with Gasteiger partial charge in [0.15, 0.2) is 0 Å². The Hall–Kier alpha value is -2.13. The molecule has 1 N–H and O–H groups in total. The molecule has 5 nitrogen and oxygen atoms in total. The van der Waals surface area contributed by atoms with E-state index in [4.69, 9.17) is 10.4 Å². The number of thiophene rings is 1. The molecule has 104 valence electrons. The molecule has 20 heavy (non-hydrogen) atoms. The molecule has 1 fully saturated rings. The summed E-state index contributed by atoms with van der Waals surface area (Å²) in [5, 5.41) is 18.9. The first-order chi connectivity index (χ1) is 9.61. The molecule has 0 aliphatic heterocycles. The van der Waals surface area contributed by atoms with E-state index in [0.29, 0.717) is 18.5 Å². The van der Waals surface area contributed by atoms with Gasteiger partial charge in [-0.3, -0.25) is 4.79 Å². The van der Waals surface area contributed by atoms with Crippen LogP contribution in [0, 0.1) is 11.3 Å². The number of hydrogen-bond donors (Lipinski definition) is 1. The predicted octanol–water partition coefficient (Wildman–Crippen LogP) is 2.36. The molecule has 2 rings (SSSR count). The van der Waals surface area contributed by atoms with Gasteiger partial charge in [0.2, 0.25) is 0 Å². The van der Waals surface area contributed by atoms with Crippen LogP contribution in [0.15, 0.2) is 17.5 Å². The van der Waals surface area contributed by atoms with Gasteiger partial charge in [0.05, 0.1) is 18.1 Å². The lowest BCUT2D eigenvalue weighted by atomic mass is 10.2. The van der Waals surface area contributed by atoms with Crippen molar-refractivity contribution in [3.8, 4) is 6.07 Å². The van der Waals surface area contributed by atoms with Crippen LogP contribution in [0.5, 0.6) is 0 Å².